The topological polar surface area (TPSA) is 79.3 Å². The van der Waals surface area contributed by atoms with E-state index >= 15 is 0 Å². The van der Waals surface area contributed by atoms with Crippen molar-refractivity contribution in [1.82, 2.24) is 10.3 Å². The van der Waals surface area contributed by atoms with Gasteiger partial charge in [-0.15, -0.1) is 0 Å². The van der Waals surface area contributed by atoms with E-state index in [9.17, 15) is 23.5 Å². The van der Waals surface area contributed by atoms with Crippen molar-refractivity contribution in [2.45, 2.75) is 37.6 Å². The number of nitrogens with one attached hydrogen (secondary N) is 1. The Hall–Kier alpha value is -2.83. The van der Waals surface area contributed by atoms with Crippen molar-refractivity contribution in [2.24, 2.45) is 5.92 Å². The predicted molar refractivity (Wildman–Crippen MR) is 93.9 cm³/mol. The number of rotatable bonds is 8. The maximum Gasteiger partial charge on any atom is 0.326 e. The predicted octanol–water partition coefficient (Wildman–Crippen LogP) is 3.06. The van der Waals surface area contributed by atoms with Gasteiger partial charge in [0.05, 0.1) is 0 Å². The molecule has 3 rings (SSSR count). The molecule has 2 N–H and O–H groups in total. The first kappa shape index (κ1) is 18.9. The molecular weight excluding hydrogens is 354 g/mol. The molecule has 1 heterocycles. The number of carbonyl (C=O) groups is 2. The summed E-state index contributed by atoms with van der Waals surface area (Å²) in [5, 5.41) is 11.9. The van der Waals surface area contributed by atoms with E-state index in [0.717, 1.165) is 30.5 Å². The Kier molecular flexibility index (Phi) is 5.78. The molecule has 1 amide bonds. The summed E-state index contributed by atoms with van der Waals surface area (Å²) in [5.41, 5.74) is 1.31. The molecule has 1 aliphatic rings. The lowest BCUT2D eigenvalue weighted by atomic mass is 9.90. The van der Waals surface area contributed by atoms with Gasteiger partial charge in [0.1, 0.15) is 6.04 Å². The fraction of sp³-hybridized carbons (Fsp3) is 0.350. The van der Waals surface area contributed by atoms with Crippen LogP contribution in [0.1, 0.15) is 36.3 Å². The molecule has 2 atom stereocenters. The number of aromatic nitrogens is 1. The van der Waals surface area contributed by atoms with Crippen molar-refractivity contribution in [1.29, 1.82) is 0 Å². The lowest BCUT2D eigenvalue weighted by molar-refractivity contribution is -0.141. The van der Waals surface area contributed by atoms with Gasteiger partial charge in [-0.25, -0.2) is 13.6 Å². The van der Waals surface area contributed by atoms with Crippen LogP contribution in [0.25, 0.3) is 0 Å². The van der Waals surface area contributed by atoms with Crippen molar-refractivity contribution < 1.29 is 23.5 Å². The van der Waals surface area contributed by atoms with E-state index < -0.39 is 29.6 Å². The second kappa shape index (κ2) is 8.24. The van der Waals surface area contributed by atoms with E-state index in [4.69, 9.17) is 0 Å². The Morgan fingerprint density at radius 3 is 2.44 bits per heavy atom. The summed E-state index contributed by atoms with van der Waals surface area (Å²) in [6.45, 7) is 0. The van der Waals surface area contributed by atoms with Crippen molar-refractivity contribution in [3.63, 3.8) is 0 Å². The summed E-state index contributed by atoms with van der Waals surface area (Å²) in [7, 11) is 0. The smallest absolute Gasteiger partial charge is 0.326 e. The average Bonchev–Trinajstić information content (AvgIpc) is 3.47. The van der Waals surface area contributed by atoms with Crippen molar-refractivity contribution in [3.05, 3.63) is 65.5 Å². The highest BCUT2D eigenvalue weighted by atomic mass is 19.2. The number of carboxylic acid groups (broad SMARTS) is 1. The van der Waals surface area contributed by atoms with Crippen molar-refractivity contribution in [2.75, 3.05) is 0 Å². The minimum absolute atomic E-state index is 0.0376. The summed E-state index contributed by atoms with van der Waals surface area (Å²) in [6.07, 6.45) is 5.12. The van der Waals surface area contributed by atoms with Crippen LogP contribution in [-0.4, -0.2) is 28.0 Å². The van der Waals surface area contributed by atoms with Gasteiger partial charge in [-0.05, 0) is 60.1 Å². The first-order valence-corrected chi connectivity index (χ1v) is 8.80. The van der Waals surface area contributed by atoms with Crippen LogP contribution in [0.3, 0.4) is 0 Å². The second-order valence-corrected chi connectivity index (χ2v) is 6.84. The third-order valence-electron chi connectivity index (χ3n) is 4.79. The minimum Gasteiger partial charge on any atom is -0.480 e. The second-order valence-electron chi connectivity index (χ2n) is 6.84. The van der Waals surface area contributed by atoms with Crippen LogP contribution >= 0.6 is 0 Å². The maximum atomic E-state index is 13.6. The van der Waals surface area contributed by atoms with Crippen LogP contribution in [0.4, 0.5) is 8.78 Å². The molecule has 27 heavy (non-hydrogen) atoms. The van der Waals surface area contributed by atoms with Gasteiger partial charge < -0.3 is 10.4 Å². The molecule has 2 unspecified atom stereocenters. The third kappa shape index (κ3) is 5.09. The van der Waals surface area contributed by atoms with Gasteiger partial charge in [0.2, 0.25) is 5.91 Å². The molecule has 0 saturated heterocycles. The number of carboxylic acids is 1. The number of hydrogen-bond acceptors (Lipinski definition) is 3. The number of nitrogens with zero attached hydrogens (tertiary/aromatic N) is 1. The lowest BCUT2D eigenvalue weighted by Gasteiger charge is -2.19. The summed E-state index contributed by atoms with van der Waals surface area (Å²) in [5.74, 6) is -3.45. The van der Waals surface area contributed by atoms with Crippen molar-refractivity contribution in [3.8, 4) is 0 Å². The molecule has 0 radical (unpaired) electrons. The SMILES string of the molecule is O=C(CC(c1ccc(F)c(F)c1)C1CC1)NC(Cc1ccncc1)C(=O)O. The number of benzene rings is 1. The van der Waals surface area contributed by atoms with Crippen LogP contribution in [0.2, 0.25) is 0 Å². The zero-order valence-electron chi connectivity index (χ0n) is 14.6. The molecule has 1 aliphatic carbocycles. The largest absolute Gasteiger partial charge is 0.480 e. The zero-order valence-corrected chi connectivity index (χ0v) is 14.6. The molecule has 1 aromatic carbocycles. The number of aliphatic carboxylic acids is 1. The maximum absolute atomic E-state index is 13.6. The summed E-state index contributed by atoms with van der Waals surface area (Å²) < 4.78 is 26.7. The number of carbonyl (C=O) groups excluding carboxylic acids is 1. The van der Waals surface area contributed by atoms with E-state index in [1.165, 1.54) is 6.07 Å². The first-order chi connectivity index (χ1) is 12.9. The molecule has 0 spiro atoms. The molecule has 5 nitrogen and oxygen atoms in total. The van der Waals surface area contributed by atoms with Gasteiger partial charge in [-0.3, -0.25) is 9.78 Å². The zero-order chi connectivity index (χ0) is 19.4. The molecule has 142 valence electrons. The van der Waals surface area contributed by atoms with Gasteiger partial charge in [0, 0.05) is 25.2 Å². The monoisotopic (exact) mass is 374 g/mol. The highest BCUT2D eigenvalue weighted by molar-refractivity contribution is 5.84. The van der Waals surface area contributed by atoms with Gasteiger partial charge >= 0.3 is 5.97 Å². The normalized spacial score (nSPS) is 15.8. The summed E-state index contributed by atoms with van der Waals surface area (Å²) in [4.78, 5) is 27.8. The fourth-order valence-electron chi connectivity index (χ4n) is 3.21. The van der Waals surface area contributed by atoms with E-state index in [-0.39, 0.29) is 24.7 Å². The molecule has 0 bridgehead atoms. The van der Waals surface area contributed by atoms with E-state index in [1.807, 2.05) is 0 Å². The van der Waals surface area contributed by atoms with Crippen LogP contribution < -0.4 is 5.32 Å². The van der Waals surface area contributed by atoms with Gasteiger partial charge in [-0.2, -0.15) is 0 Å². The minimum atomic E-state index is -1.13. The molecule has 1 fully saturated rings. The fourth-order valence-corrected chi connectivity index (χ4v) is 3.21. The highest BCUT2D eigenvalue weighted by Crippen LogP contribution is 2.44. The van der Waals surface area contributed by atoms with E-state index in [1.54, 1.807) is 24.5 Å². The number of amides is 1. The van der Waals surface area contributed by atoms with Gasteiger partial charge in [0.25, 0.3) is 0 Å². The molecule has 7 heteroatoms. The van der Waals surface area contributed by atoms with E-state index in [0.29, 0.717) is 5.56 Å². The third-order valence-corrected chi connectivity index (χ3v) is 4.79. The Bertz CT molecular complexity index is 825. The lowest BCUT2D eigenvalue weighted by Crippen LogP contribution is -2.42. The summed E-state index contributed by atoms with van der Waals surface area (Å²) >= 11 is 0. The Labute approximate surface area is 155 Å². The van der Waals surface area contributed by atoms with Crippen LogP contribution in [0.5, 0.6) is 0 Å². The van der Waals surface area contributed by atoms with Crippen molar-refractivity contribution >= 4 is 11.9 Å². The molecule has 1 saturated carbocycles. The number of hydrogen-bond donors (Lipinski definition) is 2. The standard InChI is InChI=1S/C20H20F2N2O3/c21-16-4-3-14(10-17(16)22)15(13-1-2-13)11-19(25)24-18(20(26)27)9-12-5-7-23-8-6-12/h3-8,10,13,15,18H,1-2,9,11H2,(H,24,25)(H,26,27). The van der Waals surface area contributed by atoms with Gasteiger partial charge in [-0.1, -0.05) is 6.07 Å². The molecule has 2 aromatic rings. The first-order valence-electron chi connectivity index (χ1n) is 8.80. The van der Waals surface area contributed by atoms with Gasteiger partial charge in [0.15, 0.2) is 11.6 Å². The Balaban J connectivity index is 1.67. The summed E-state index contributed by atoms with van der Waals surface area (Å²) in [6, 6.07) is 5.98. The highest BCUT2D eigenvalue weighted by Gasteiger charge is 2.34. The van der Waals surface area contributed by atoms with Crippen LogP contribution in [0.15, 0.2) is 42.7 Å². The number of halogens is 2. The van der Waals surface area contributed by atoms with Crippen LogP contribution in [0, 0.1) is 17.6 Å². The Morgan fingerprint density at radius 1 is 1.15 bits per heavy atom. The average molecular weight is 374 g/mol. The quantitative estimate of drug-likeness (QED) is 0.744. The molecule has 1 aromatic heterocycles. The molecular formula is C20H20F2N2O3. The molecule has 0 aliphatic heterocycles. The number of pyridine rings is 1. The Morgan fingerprint density at radius 2 is 1.85 bits per heavy atom. The van der Waals surface area contributed by atoms with Crippen LogP contribution in [-0.2, 0) is 16.0 Å². The van der Waals surface area contributed by atoms with E-state index in [2.05, 4.69) is 10.3 Å².